The van der Waals surface area contributed by atoms with Gasteiger partial charge in [0.2, 0.25) is 0 Å². The van der Waals surface area contributed by atoms with E-state index in [0.29, 0.717) is 16.1 Å². The number of aromatic nitrogens is 1. The topological polar surface area (TPSA) is 33.2 Å². The number of halogens is 1. The summed E-state index contributed by atoms with van der Waals surface area (Å²) in [5.41, 5.74) is 0.942. The Morgan fingerprint density at radius 3 is 2.67 bits per heavy atom. The number of carbonyl (C=O) groups is 1. The molecule has 0 saturated carbocycles. The second kappa shape index (κ2) is 5.27. The Bertz CT molecular complexity index is 426. The van der Waals surface area contributed by atoms with Crippen molar-refractivity contribution in [2.75, 3.05) is 13.1 Å². The van der Waals surface area contributed by atoms with Gasteiger partial charge in [-0.05, 0) is 36.8 Å². The molecule has 4 heteroatoms. The van der Waals surface area contributed by atoms with Crippen LogP contribution in [0.2, 0.25) is 5.15 Å². The van der Waals surface area contributed by atoms with Crippen LogP contribution in [0.5, 0.6) is 0 Å². The number of carbonyl (C=O) groups excluding carboxylic acids is 1. The summed E-state index contributed by atoms with van der Waals surface area (Å²) in [6.45, 7) is 6.13. The maximum absolute atomic E-state index is 12.3. The van der Waals surface area contributed by atoms with E-state index in [1.165, 1.54) is 0 Å². The van der Waals surface area contributed by atoms with Crippen molar-refractivity contribution in [2.45, 2.75) is 33.1 Å². The standard InChI is InChI=1S/C14H19ClN2O/c1-3-14(4-2)7-8-17(10-14)13(18)11-5-6-12(15)16-9-11/h5-6,9H,3-4,7-8,10H2,1-2H3. The fourth-order valence-electron chi connectivity index (χ4n) is 2.62. The lowest BCUT2D eigenvalue weighted by molar-refractivity contribution is 0.0769. The van der Waals surface area contributed by atoms with Crippen LogP contribution in [0, 0.1) is 5.41 Å². The van der Waals surface area contributed by atoms with Gasteiger partial charge in [-0.15, -0.1) is 0 Å². The average Bonchev–Trinajstić information content (AvgIpc) is 2.84. The summed E-state index contributed by atoms with van der Waals surface area (Å²) in [5.74, 6) is 0.0722. The van der Waals surface area contributed by atoms with Crippen molar-refractivity contribution in [1.29, 1.82) is 0 Å². The Kier molecular flexibility index (Phi) is 3.91. The molecule has 18 heavy (non-hydrogen) atoms. The van der Waals surface area contributed by atoms with Crippen molar-refractivity contribution < 1.29 is 4.79 Å². The van der Waals surface area contributed by atoms with Gasteiger partial charge in [-0.3, -0.25) is 4.79 Å². The Morgan fingerprint density at radius 1 is 1.44 bits per heavy atom. The average molecular weight is 267 g/mol. The highest BCUT2D eigenvalue weighted by Gasteiger charge is 2.37. The van der Waals surface area contributed by atoms with E-state index in [4.69, 9.17) is 11.6 Å². The Hall–Kier alpha value is -1.09. The molecular weight excluding hydrogens is 248 g/mol. The van der Waals surface area contributed by atoms with Crippen LogP contribution in [0.15, 0.2) is 18.3 Å². The van der Waals surface area contributed by atoms with Crippen molar-refractivity contribution in [3.05, 3.63) is 29.0 Å². The number of likely N-dealkylation sites (tertiary alicyclic amines) is 1. The number of rotatable bonds is 3. The summed E-state index contributed by atoms with van der Waals surface area (Å²) in [6.07, 6.45) is 4.92. The largest absolute Gasteiger partial charge is 0.338 e. The SMILES string of the molecule is CCC1(CC)CCN(C(=O)c2ccc(Cl)nc2)C1. The van der Waals surface area contributed by atoms with Crippen molar-refractivity contribution in [2.24, 2.45) is 5.41 Å². The highest BCUT2D eigenvalue weighted by molar-refractivity contribution is 6.29. The zero-order valence-corrected chi connectivity index (χ0v) is 11.7. The Labute approximate surface area is 113 Å². The third kappa shape index (κ3) is 2.51. The molecule has 1 aliphatic heterocycles. The van der Waals surface area contributed by atoms with Crippen LogP contribution in [-0.4, -0.2) is 28.9 Å². The van der Waals surface area contributed by atoms with Crippen LogP contribution >= 0.6 is 11.6 Å². The van der Waals surface area contributed by atoms with Gasteiger partial charge in [0.1, 0.15) is 5.15 Å². The molecule has 0 unspecified atom stereocenters. The molecule has 1 aliphatic rings. The monoisotopic (exact) mass is 266 g/mol. The maximum Gasteiger partial charge on any atom is 0.255 e. The van der Waals surface area contributed by atoms with E-state index >= 15 is 0 Å². The predicted molar refractivity (Wildman–Crippen MR) is 72.8 cm³/mol. The van der Waals surface area contributed by atoms with Crippen molar-refractivity contribution in [3.8, 4) is 0 Å². The molecule has 1 aromatic heterocycles. The van der Waals surface area contributed by atoms with E-state index in [1.54, 1.807) is 18.3 Å². The first-order chi connectivity index (χ1) is 8.60. The number of pyridine rings is 1. The van der Waals surface area contributed by atoms with Gasteiger partial charge in [-0.1, -0.05) is 25.4 Å². The van der Waals surface area contributed by atoms with Crippen molar-refractivity contribution in [3.63, 3.8) is 0 Å². The molecule has 3 nitrogen and oxygen atoms in total. The van der Waals surface area contributed by atoms with Gasteiger partial charge in [-0.2, -0.15) is 0 Å². The molecule has 0 radical (unpaired) electrons. The molecule has 0 aliphatic carbocycles. The molecule has 0 N–H and O–H groups in total. The van der Waals surface area contributed by atoms with Gasteiger partial charge >= 0.3 is 0 Å². The van der Waals surface area contributed by atoms with Gasteiger partial charge in [0.25, 0.3) is 5.91 Å². The number of amides is 1. The van der Waals surface area contributed by atoms with E-state index in [2.05, 4.69) is 18.8 Å². The Morgan fingerprint density at radius 2 is 2.17 bits per heavy atom. The van der Waals surface area contributed by atoms with E-state index in [-0.39, 0.29) is 5.91 Å². The second-order valence-corrected chi connectivity index (χ2v) is 5.44. The highest BCUT2D eigenvalue weighted by atomic mass is 35.5. The van der Waals surface area contributed by atoms with Gasteiger partial charge < -0.3 is 4.90 Å². The molecule has 1 amide bonds. The first kappa shape index (κ1) is 13.3. The number of hydrogen-bond acceptors (Lipinski definition) is 2. The summed E-state index contributed by atoms with van der Waals surface area (Å²) < 4.78 is 0. The van der Waals surface area contributed by atoms with Gasteiger partial charge in [0, 0.05) is 19.3 Å². The fraction of sp³-hybridized carbons (Fsp3) is 0.571. The first-order valence-electron chi connectivity index (χ1n) is 6.51. The van der Waals surface area contributed by atoms with Crippen LogP contribution in [0.4, 0.5) is 0 Å². The molecule has 1 fully saturated rings. The third-order valence-electron chi connectivity index (χ3n) is 4.20. The molecule has 0 bridgehead atoms. The minimum absolute atomic E-state index is 0.0722. The van der Waals surface area contributed by atoms with E-state index in [1.807, 2.05) is 4.90 Å². The molecule has 0 aromatic carbocycles. The predicted octanol–water partition coefficient (Wildman–Crippen LogP) is 3.39. The van der Waals surface area contributed by atoms with Crippen LogP contribution in [-0.2, 0) is 0 Å². The quantitative estimate of drug-likeness (QED) is 0.786. The maximum atomic E-state index is 12.3. The first-order valence-corrected chi connectivity index (χ1v) is 6.89. The molecule has 2 heterocycles. The van der Waals surface area contributed by atoms with Crippen molar-refractivity contribution in [1.82, 2.24) is 9.88 Å². The van der Waals surface area contributed by atoms with Crippen LogP contribution in [0.25, 0.3) is 0 Å². The zero-order chi connectivity index (χ0) is 13.2. The van der Waals surface area contributed by atoms with Crippen LogP contribution in [0.1, 0.15) is 43.5 Å². The highest BCUT2D eigenvalue weighted by Crippen LogP contribution is 2.37. The van der Waals surface area contributed by atoms with Crippen molar-refractivity contribution >= 4 is 17.5 Å². The summed E-state index contributed by atoms with van der Waals surface area (Å²) in [4.78, 5) is 18.2. The van der Waals surface area contributed by atoms with Crippen LogP contribution < -0.4 is 0 Å². The summed E-state index contributed by atoms with van der Waals surface area (Å²) in [5, 5.41) is 0.421. The lowest BCUT2D eigenvalue weighted by atomic mass is 9.82. The fourth-order valence-corrected chi connectivity index (χ4v) is 2.73. The van der Waals surface area contributed by atoms with Gasteiger partial charge in [0.05, 0.1) is 5.56 Å². The number of nitrogens with zero attached hydrogens (tertiary/aromatic N) is 2. The minimum Gasteiger partial charge on any atom is -0.338 e. The number of hydrogen-bond donors (Lipinski definition) is 0. The lowest BCUT2D eigenvalue weighted by Crippen LogP contribution is -2.31. The summed E-state index contributed by atoms with van der Waals surface area (Å²) in [7, 11) is 0. The molecule has 2 rings (SSSR count). The zero-order valence-electron chi connectivity index (χ0n) is 10.9. The normalized spacial score (nSPS) is 18.1. The summed E-state index contributed by atoms with van der Waals surface area (Å²) in [6, 6.07) is 3.41. The second-order valence-electron chi connectivity index (χ2n) is 5.05. The minimum atomic E-state index is 0.0722. The van der Waals surface area contributed by atoms with Gasteiger partial charge in [0.15, 0.2) is 0 Å². The Balaban J connectivity index is 2.10. The van der Waals surface area contributed by atoms with E-state index in [9.17, 15) is 4.79 Å². The molecule has 1 aromatic rings. The molecule has 1 saturated heterocycles. The smallest absolute Gasteiger partial charge is 0.255 e. The molecule has 0 atom stereocenters. The van der Waals surface area contributed by atoms with E-state index < -0.39 is 0 Å². The molecule has 98 valence electrons. The third-order valence-corrected chi connectivity index (χ3v) is 4.42. The van der Waals surface area contributed by atoms with Crippen LogP contribution in [0.3, 0.4) is 0 Å². The lowest BCUT2D eigenvalue weighted by Gasteiger charge is -2.26. The molecule has 0 spiro atoms. The van der Waals surface area contributed by atoms with E-state index in [0.717, 1.165) is 32.4 Å². The molecular formula is C14H19ClN2O. The summed E-state index contributed by atoms with van der Waals surface area (Å²) >= 11 is 5.73. The van der Waals surface area contributed by atoms with Gasteiger partial charge in [-0.25, -0.2) is 4.98 Å².